The second kappa shape index (κ2) is 5.20. The maximum absolute atomic E-state index is 11.5. The van der Waals surface area contributed by atoms with Gasteiger partial charge in [-0.1, -0.05) is 32.9 Å². The standard InChI is InChI=1S/C18H30O3Si/c1-11(19)20-14-10-15(21-22(5,6)18(2,3)4)17-13-8-7-12(9-13)16(14)17/h7-8,12-17H,9-10H2,1-6H3/t12-,13+,14+,15-,16+,17-/m0/s1. The molecule has 6 atom stereocenters. The van der Waals surface area contributed by atoms with Gasteiger partial charge in [-0.05, 0) is 42.3 Å². The molecule has 0 heterocycles. The molecule has 0 amide bonds. The first-order valence-electron chi connectivity index (χ1n) is 8.63. The predicted molar refractivity (Wildman–Crippen MR) is 90.0 cm³/mol. The minimum Gasteiger partial charge on any atom is -0.462 e. The number of hydrogen-bond donors (Lipinski definition) is 0. The monoisotopic (exact) mass is 322 g/mol. The lowest BCUT2D eigenvalue weighted by Crippen LogP contribution is -2.45. The van der Waals surface area contributed by atoms with Gasteiger partial charge in [0, 0.05) is 19.3 Å². The van der Waals surface area contributed by atoms with Gasteiger partial charge in [-0.3, -0.25) is 4.79 Å². The molecule has 0 aromatic heterocycles. The molecule has 22 heavy (non-hydrogen) atoms. The quantitative estimate of drug-likeness (QED) is 0.445. The van der Waals surface area contributed by atoms with Gasteiger partial charge in [0.05, 0.1) is 6.10 Å². The summed E-state index contributed by atoms with van der Waals surface area (Å²) in [7, 11) is -1.79. The summed E-state index contributed by atoms with van der Waals surface area (Å²) in [4.78, 5) is 11.5. The predicted octanol–water partition coefficient (Wildman–Crippen LogP) is 4.15. The minimum atomic E-state index is -1.79. The van der Waals surface area contributed by atoms with Gasteiger partial charge >= 0.3 is 5.97 Å². The zero-order valence-electron chi connectivity index (χ0n) is 14.8. The van der Waals surface area contributed by atoms with E-state index in [4.69, 9.17) is 9.16 Å². The molecule has 0 aromatic rings. The van der Waals surface area contributed by atoms with E-state index in [-0.39, 0.29) is 23.2 Å². The van der Waals surface area contributed by atoms with Crippen LogP contribution in [0.3, 0.4) is 0 Å². The Hall–Kier alpha value is -0.613. The number of rotatable bonds is 3. The molecule has 0 aliphatic heterocycles. The summed E-state index contributed by atoms with van der Waals surface area (Å²) in [5.74, 6) is 2.10. The van der Waals surface area contributed by atoms with E-state index in [1.165, 1.54) is 13.3 Å². The number of ether oxygens (including phenoxy) is 1. The summed E-state index contributed by atoms with van der Waals surface area (Å²) in [6.07, 6.45) is 7.15. The first kappa shape index (κ1) is 16.3. The van der Waals surface area contributed by atoms with E-state index in [2.05, 4.69) is 46.0 Å². The van der Waals surface area contributed by atoms with E-state index in [9.17, 15) is 4.79 Å². The Morgan fingerprint density at radius 2 is 1.59 bits per heavy atom. The largest absolute Gasteiger partial charge is 0.462 e. The van der Waals surface area contributed by atoms with Crippen molar-refractivity contribution in [2.75, 3.05) is 0 Å². The van der Waals surface area contributed by atoms with Crippen LogP contribution in [0.15, 0.2) is 12.2 Å². The molecule has 0 radical (unpaired) electrons. The fraction of sp³-hybridized carbons (Fsp3) is 0.833. The molecule has 0 spiro atoms. The molecule has 3 rings (SSSR count). The van der Waals surface area contributed by atoms with Crippen LogP contribution in [0.25, 0.3) is 0 Å². The average Bonchev–Trinajstić information content (AvgIpc) is 3.00. The van der Waals surface area contributed by atoms with Crippen molar-refractivity contribution < 1.29 is 14.0 Å². The van der Waals surface area contributed by atoms with Crippen LogP contribution in [-0.4, -0.2) is 26.5 Å². The van der Waals surface area contributed by atoms with Gasteiger partial charge in [0.2, 0.25) is 0 Å². The Labute approximate surface area is 135 Å². The van der Waals surface area contributed by atoms with Crippen LogP contribution in [0.2, 0.25) is 18.1 Å². The molecule has 2 fully saturated rings. The fourth-order valence-electron chi connectivity index (χ4n) is 4.51. The number of carbonyl (C=O) groups is 1. The third-order valence-corrected chi connectivity index (χ3v) is 11.0. The van der Waals surface area contributed by atoms with E-state index in [0.29, 0.717) is 23.7 Å². The van der Waals surface area contributed by atoms with E-state index in [1.54, 1.807) is 0 Å². The number of allylic oxidation sites excluding steroid dienone is 2. The van der Waals surface area contributed by atoms with E-state index in [0.717, 1.165) is 6.42 Å². The molecule has 3 aliphatic carbocycles. The van der Waals surface area contributed by atoms with Crippen molar-refractivity contribution in [2.24, 2.45) is 23.7 Å². The molecule has 4 heteroatoms. The third-order valence-electron chi connectivity index (χ3n) is 6.48. The van der Waals surface area contributed by atoms with E-state index >= 15 is 0 Å². The van der Waals surface area contributed by atoms with Crippen molar-refractivity contribution in [3.05, 3.63) is 12.2 Å². The fourth-order valence-corrected chi connectivity index (χ4v) is 5.87. The number of hydrogen-bond acceptors (Lipinski definition) is 3. The van der Waals surface area contributed by atoms with Crippen LogP contribution in [0.5, 0.6) is 0 Å². The van der Waals surface area contributed by atoms with Crippen LogP contribution in [0, 0.1) is 23.7 Å². The number of carbonyl (C=O) groups excluding carboxylic acids is 1. The molecule has 2 saturated carbocycles. The lowest BCUT2D eigenvalue weighted by molar-refractivity contribution is -0.148. The lowest BCUT2D eigenvalue weighted by Gasteiger charge is -2.40. The topological polar surface area (TPSA) is 35.5 Å². The molecule has 3 aliphatic rings. The van der Waals surface area contributed by atoms with Crippen LogP contribution < -0.4 is 0 Å². The molecular formula is C18H30O3Si. The minimum absolute atomic E-state index is 0.0530. The summed E-state index contributed by atoms with van der Waals surface area (Å²) in [6.45, 7) is 13.0. The zero-order chi connectivity index (χ0) is 16.3. The first-order chi connectivity index (χ1) is 10.1. The molecule has 0 aromatic carbocycles. The second-order valence-electron chi connectivity index (χ2n) is 8.90. The van der Waals surface area contributed by atoms with Crippen molar-refractivity contribution in [3.63, 3.8) is 0 Å². The van der Waals surface area contributed by atoms with Crippen LogP contribution in [0.1, 0.15) is 40.5 Å². The SMILES string of the molecule is CC(=O)O[C@@H]1C[C@H](O[Si](C)(C)C(C)(C)C)[C@H]2[C@@H]1[C@H]1C=C[C@@H]2C1. The third kappa shape index (κ3) is 2.58. The Morgan fingerprint density at radius 1 is 1.05 bits per heavy atom. The molecule has 124 valence electrons. The average molecular weight is 323 g/mol. The summed E-state index contributed by atoms with van der Waals surface area (Å²) >= 11 is 0. The highest BCUT2D eigenvalue weighted by Crippen LogP contribution is 2.58. The van der Waals surface area contributed by atoms with Gasteiger partial charge in [-0.25, -0.2) is 0 Å². The summed E-state index contributed by atoms with van der Waals surface area (Å²) < 4.78 is 12.4. The zero-order valence-corrected chi connectivity index (χ0v) is 15.8. The molecule has 3 nitrogen and oxygen atoms in total. The van der Waals surface area contributed by atoms with Gasteiger partial charge < -0.3 is 9.16 Å². The second-order valence-corrected chi connectivity index (χ2v) is 13.7. The van der Waals surface area contributed by atoms with Crippen molar-refractivity contribution in [2.45, 2.75) is 70.9 Å². The summed E-state index contributed by atoms with van der Waals surface area (Å²) in [5.41, 5.74) is 0. The molecule has 2 bridgehead atoms. The maximum Gasteiger partial charge on any atom is 0.302 e. The number of esters is 1. The van der Waals surface area contributed by atoms with Gasteiger partial charge in [0.15, 0.2) is 8.32 Å². The van der Waals surface area contributed by atoms with Crippen LogP contribution in [-0.2, 0) is 14.0 Å². The Bertz CT molecular complexity index is 491. The van der Waals surface area contributed by atoms with Gasteiger partial charge in [0.1, 0.15) is 6.10 Å². The van der Waals surface area contributed by atoms with Crippen molar-refractivity contribution in [1.29, 1.82) is 0 Å². The maximum atomic E-state index is 11.5. The highest BCUT2D eigenvalue weighted by atomic mass is 28.4. The Balaban J connectivity index is 1.81. The molecule has 0 unspecified atom stereocenters. The van der Waals surface area contributed by atoms with Crippen molar-refractivity contribution in [3.8, 4) is 0 Å². The van der Waals surface area contributed by atoms with Gasteiger partial charge in [-0.15, -0.1) is 0 Å². The van der Waals surface area contributed by atoms with Gasteiger partial charge in [0.25, 0.3) is 0 Å². The van der Waals surface area contributed by atoms with Crippen LogP contribution >= 0.6 is 0 Å². The normalized spacial score (nSPS) is 40.1. The highest BCUT2D eigenvalue weighted by Gasteiger charge is 2.58. The highest BCUT2D eigenvalue weighted by molar-refractivity contribution is 6.74. The molecule has 0 N–H and O–H groups in total. The van der Waals surface area contributed by atoms with Crippen molar-refractivity contribution in [1.82, 2.24) is 0 Å². The van der Waals surface area contributed by atoms with Crippen LogP contribution in [0.4, 0.5) is 0 Å². The summed E-state index contributed by atoms with van der Waals surface area (Å²) in [6, 6.07) is 0. The lowest BCUT2D eigenvalue weighted by atomic mass is 9.84. The molecule has 0 saturated heterocycles. The first-order valence-corrected chi connectivity index (χ1v) is 11.5. The van der Waals surface area contributed by atoms with Gasteiger partial charge in [-0.2, -0.15) is 0 Å². The Morgan fingerprint density at radius 3 is 2.09 bits per heavy atom. The van der Waals surface area contributed by atoms with E-state index in [1.807, 2.05) is 0 Å². The van der Waals surface area contributed by atoms with Crippen molar-refractivity contribution >= 4 is 14.3 Å². The molecular weight excluding hydrogens is 292 g/mol. The smallest absolute Gasteiger partial charge is 0.302 e. The van der Waals surface area contributed by atoms with E-state index < -0.39 is 8.32 Å². The summed E-state index contributed by atoms with van der Waals surface area (Å²) in [5, 5.41) is 0.218. The number of fused-ring (bicyclic) bond motifs is 5. The Kier molecular flexibility index (Phi) is 3.84.